The number of rotatable bonds is 3. The van der Waals surface area contributed by atoms with E-state index in [1.54, 1.807) is 24.5 Å². The lowest BCUT2D eigenvalue weighted by Crippen LogP contribution is -2.22. The third kappa shape index (κ3) is 3.10. The molecule has 0 aliphatic carbocycles. The predicted octanol–water partition coefficient (Wildman–Crippen LogP) is 3.54. The Hall–Kier alpha value is -3.03. The van der Waals surface area contributed by atoms with E-state index in [9.17, 15) is 18.0 Å². The molecule has 0 aliphatic heterocycles. The van der Waals surface area contributed by atoms with Crippen LogP contribution in [0.25, 0.3) is 22.8 Å². The topological polar surface area (TPSA) is 68.9 Å². The first-order valence-electron chi connectivity index (χ1n) is 6.41. The van der Waals surface area contributed by atoms with Gasteiger partial charge in [-0.1, -0.05) is 17.3 Å². The van der Waals surface area contributed by atoms with Crippen LogP contribution in [0.3, 0.4) is 0 Å². The minimum Gasteiger partial charge on any atom is -0.334 e. The van der Waals surface area contributed by atoms with Gasteiger partial charge < -0.3 is 4.52 Å². The molecular weight excluding hydrogens is 311 g/mol. The van der Waals surface area contributed by atoms with Gasteiger partial charge in [0.05, 0.1) is 0 Å². The molecule has 0 bridgehead atoms. The molecular formula is C15H8F3N3O2. The number of carbonyl (C=O) groups excluding carboxylic acids is 1. The number of halogens is 3. The molecule has 0 atom stereocenters. The number of nitrogens with zero attached hydrogens (tertiary/aromatic N) is 3. The zero-order valence-corrected chi connectivity index (χ0v) is 11.4. The fourth-order valence-corrected chi connectivity index (χ4v) is 1.88. The van der Waals surface area contributed by atoms with E-state index >= 15 is 0 Å². The van der Waals surface area contributed by atoms with Gasteiger partial charge in [-0.05, 0) is 24.3 Å². The Kier molecular flexibility index (Phi) is 3.65. The average Bonchev–Trinajstić information content (AvgIpc) is 3.04. The van der Waals surface area contributed by atoms with E-state index in [-0.39, 0.29) is 5.89 Å². The number of hydrogen-bond donors (Lipinski definition) is 0. The Morgan fingerprint density at radius 2 is 1.78 bits per heavy atom. The predicted molar refractivity (Wildman–Crippen MR) is 73.4 cm³/mol. The molecule has 0 saturated carbocycles. The van der Waals surface area contributed by atoms with E-state index in [4.69, 9.17) is 4.52 Å². The molecule has 23 heavy (non-hydrogen) atoms. The van der Waals surface area contributed by atoms with Crippen LogP contribution in [-0.2, 0) is 0 Å². The van der Waals surface area contributed by atoms with Crippen molar-refractivity contribution in [2.75, 3.05) is 0 Å². The van der Waals surface area contributed by atoms with Crippen LogP contribution >= 0.6 is 0 Å². The second-order valence-electron chi connectivity index (χ2n) is 4.57. The SMILES string of the molecule is O=C(c1ccc(-c2nc(-c3cccnc3)no2)cc1)C(F)(F)F. The van der Waals surface area contributed by atoms with E-state index in [2.05, 4.69) is 15.1 Å². The van der Waals surface area contributed by atoms with Crippen LogP contribution in [0.5, 0.6) is 0 Å². The molecule has 0 aliphatic rings. The summed E-state index contributed by atoms with van der Waals surface area (Å²) in [7, 11) is 0. The summed E-state index contributed by atoms with van der Waals surface area (Å²) in [5.41, 5.74) is 0.603. The summed E-state index contributed by atoms with van der Waals surface area (Å²) in [6.45, 7) is 0. The molecule has 116 valence electrons. The van der Waals surface area contributed by atoms with Gasteiger partial charge in [-0.3, -0.25) is 9.78 Å². The molecule has 0 spiro atoms. The lowest BCUT2D eigenvalue weighted by atomic mass is 10.1. The minimum absolute atomic E-state index is 0.134. The van der Waals surface area contributed by atoms with Crippen LogP contribution in [0.4, 0.5) is 13.2 Å². The van der Waals surface area contributed by atoms with Gasteiger partial charge >= 0.3 is 6.18 Å². The monoisotopic (exact) mass is 319 g/mol. The summed E-state index contributed by atoms with van der Waals surface area (Å²) in [5.74, 6) is -1.45. The van der Waals surface area contributed by atoms with Gasteiger partial charge in [-0.15, -0.1) is 0 Å². The van der Waals surface area contributed by atoms with Crippen LogP contribution < -0.4 is 0 Å². The number of aromatic nitrogens is 3. The highest BCUT2D eigenvalue weighted by molar-refractivity contribution is 6.00. The molecule has 2 heterocycles. The zero-order chi connectivity index (χ0) is 16.4. The second-order valence-corrected chi connectivity index (χ2v) is 4.57. The minimum atomic E-state index is -4.90. The Balaban J connectivity index is 1.86. The smallest absolute Gasteiger partial charge is 0.334 e. The molecule has 0 N–H and O–H groups in total. The summed E-state index contributed by atoms with van der Waals surface area (Å²) in [6, 6.07) is 8.23. The molecule has 0 fully saturated rings. The van der Waals surface area contributed by atoms with Crippen molar-refractivity contribution in [1.82, 2.24) is 15.1 Å². The quantitative estimate of drug-likeness (QED) is 0.691. The van der Waals surface area contributed by atoms with E-state index in [1.165, 1.54) is 12.1 Å². The van der Waals surface area contributed by atoms with Crippen LogP contribution in [0.2, 0.25) is 0 Å². The fourth-order valence-electron chi connectivity index (χ4n) is 1.88. The maximum Gasteiger partial charge on any atom is 0.454 e. The summed E-state index contributed by atoms with van der Waals surface area (Å²) < 4.78 is 42.1. The number of ketones is 1. The van der Waals surface area contributed by atoms with Crippen LogP contribution in [0.15, 0.2) is 53.3 Å². The number of pyridine rings is 1. The molecule has 1 aromatic carbocycles. The van der Waals surface area contributed by atoms with Crippen LogP contribution in [0, 0.1) is 0 Å². The lowest BCUT2D eigenvalue weighted by Gasteiger charge is -2.04. The van der Waals surface area contributed by atoms with Crippen LogP contribution in [-0.4, -0.2) is 27.1 Å². The van der Waals surface area contributed by atoms with Crippen molar-refractivity contribution in [2.24, 2.45) is 0 Å². The van der Waals surface area contributed by atoms with Crippen molar-refractivity contribution in [1.29, 1.82) is 0 Å². The van der Waals surface area contributed by atoms with Gasteiger partial charge in [0.15, 0.2) is 0 Å². The first kappa shape index (κ1) is 14.9. The summed E-state index contributed by atoms with van der Waals surface area (Å²) in [6.07, 6.45) is -1.75. The Morgan fingerprint density at radius 1 is 1.04 bits per heavy atom. The lowest BCUT2D eigenvalue weighted by molar-refractivity contribution is -0.0885. The van der Waals surface area contributed by atoms with Gasteiger partial charge in [0, 0.05) is 29.1 Å². The van der Waals surface area contributed by atoms with Gasteiger partial charge in [-0.2, -0.15) is 18.2 Å². The average molecular weight is 319 g/mol. The molecule has 0 amide bonds. The molecule has 0 unspecified atom stereocenters. The zero-order valence-electron chi connectivity index (χ0n) is 11.4. The number of alkyl halides is 3. The van der Waals surface area contributed by atoms with E-state index in [0.29, 0.717) is 17.0 Å². The Morgan fingerprint density at radius 3 is 2.39 bits per heavy atom. The van der Waals surface area contributed by atoms with Crippen molar-refractivity contribution < 1.29 is 22.5 Å². The van der Waals surface area contributed by atoms with Crippen molar-refractivity contribution in [2.45, 2.75) is 6.18 Å². The number of hydrogen-bond acceptors (Lipinski definition) is 5. The third-order valence-electron chi connectivity index (χ3n) is 3.00. The molecule has 8 heteroatoms. The molecule has 2 aromatic heterocycles. The van der Waals surface area contributed by atoms with Crippen LogP contribution in [0.1, 0.15) is 10.4 Å². The summed E-state index contributed by atoms with van der Waals surface area (Å²) in [5, 5.41) is 3.79. The second kappa shape index (κ2) is 5.64. The molecule has 3 aromatic rings. The molecule has 0 radical (unpaired) electrons. The number of carbonyl (C=O) groups is 1. The fraction of sp³-hybridized carbons (Fsp3) is 0.0667. The van der Waals surface area contributed by atoms with Gasteiger partial charge in [0.25, 0.3) is 11.7 Å². The maximum absolute atomic E-state index is 12.4. The summed E-state index contributed by atoms with van der Waals surface area (Å²) >= 11 is 0. The maximum atomic E-state index is 12.4. The third-order valence-corrected chi connectivity index (χ3v) is 3.00. The highest BCUT2D eigenvalue weighted by Gasteiger charge is 2.39. The first-order valence-corrected chi connectivity index (χ1v) is 6.41. The summed E-state index contributed by atoms with van der Waals surface area (Å²) in [4.78, 5) is 19.2. The highest BCUT2D eigenvalue weighted by atomic mass is 19.4. The van der Waals surface area contributed by atoms with E-state index < -0.39 is 17.5 Å². The first-order chi connectivity index (χ1) is 10.9. The van der Waals surface area contributed by atoms with Crippen molar-refractivity contribution in [3.63, 3.8) is 0 Å². The van der Waals surface area contributed by atoms with Crippen molar-refractivity contribution in [3.8, 4) is 22.8 Å². The molecule has 0 saturated heterocycles. The number of Topliss-reactive ketones (excluding diaryl/α,β-unsaturated/α-hetero) is 1. The van der Waals surface area contributed by atoms with Gasteiger partial charge in [-0.25, -0.2) is 0 Å². The van der Waals surface area contributed by atoms with Gasteiger partial charge in [0.2, 0.25) is 5.82 Å². The van der Waals surface area contributed by atoms with Gasteiger partial charge in [0.1, 0.15) is 0 Å². The van der Waals surface area contributed by atoms with Crippen molar-refractivity contribution in [3.05, 3.63) is 54.4 Å². The Bertz CT molecular complexity index is 827. The van der Waals surface area contributed by atoms with Crippen molar-refractivity contribution >= 4 is 5.78 Å². The van der Waals surface area contributed by atoms with E-state index in [0.717, 1.165) is 12.1 Å². The normalized spacial score (nSPS) is 11.4. The number of benzene rings is 1. The Labute approximate surface area is 127 Å². The standard InChI is InChI=1S/C15H8F3N3O2/c16-15(17,18)12(22)9-3-5-10(6-4-9)14-20-13(21-23-14)11-2-1-7-19-8-11/h1-8H. The largest absolute Gasteiger partial charge is 0.454 e. The molecule has 3 rings (SSSR count). The van der Waals surface area contributed by atoms with E-state index in [1.807, 2.05) is 0 Å². The highest BCUT2D eigenvalue weighted by Crippen LogP contribution is 2.25. The molecule has 5 nitrogen and oxygen atoms in total.